The minimum Gasteiger partial charge on any atom is -0.508 e. The molecule has 0 saturated heterocycles. The SMILES string of the molecule is COC(=O)CCCCCN(C)C(=O)[C@H](CC1CCCCC1)NC(=O)CNC(=O)[C@@H](CCSC)NC(=O)[C@@H](N)Cc1c(C)cc(O)cc1C.Cl.O. The number of carbonyl (C=O) groups is 5. The van der Waals surface area contributed by atoms with Gasteiger partial charge in [0.25, 0.3) is 0 Å². The van der Waals surface area contributed by atoms with Crippen molar-refractivity contribution in [1.82, 2.24) is 20.9 Å². The van der Waals surface area contributed by atoms with Gasteiger partial charge in [0.2, 0.25) is 23.6 Å². The second-order valence-corrected chi connectivity index (χ2v) is 13.9. The van der Waals surface area contributed by atoms with Gasteiger partial charge in [-0.15, -0.1) is 12.4 Å². The predicted octanol–water partition coefficient (Wildman–Crippen LogP) is 2.48. The van der Waals surface area contributed by atoms with E-state index in [0.29, 0.717) is 43.9 Å². The topological polar surface area (TPSA) is 212 Å². The van der Waals surface area contributed by atoms with E-state index in [1.54, 1.807) is 24.1 Å². The molecule has 0 unspecified atom stereocenters. The molecule has 1 fully saturated rings. The second-order valence-electron chi connectivity index (χ2n) is 12.9. The third kappa shape index (κ3) is 16.8. The Morgan fingerprint density at radius 3 is 2.24 bits per heavy atom. The third-order valence-electron chi connectivity index (χ3n) is 9.01. The number of unbranched alkanes of at least 4 members (excludes halogenated alkanes) is 2. The fourth-order valence-corrected chi connectivity index (χ4v) is 6.65. The number of thioether (sulfide) groups is 1. The number of carbonyl (C=O) groups excluding carboxylic acids is 5. The van der Waals surface area contributed by atoms with Gasteiger partial charge in [0, 0.05) is 20.0 Å². The van der Waals surface area contributed by atoms with Gasteiger partial charge < -0.3 is 41.9 Å². The summed E-state index contributed by atoms with van der Waals surface area (Å²) in [4.78, 5) is 65.9. The molecule has 1 aliphatic rings. The summed E-state index contributed by atoms with van der Waals surface area (Å²) >= 11 is 1.53. The maximum absolute atomic E-state index is 13.5. The van der Waals surface area contributed by atoms with E-state index in [-0.39, 0.29) is 48.5 Å². The molecule has 3 atom stereocenters. The molecule has 1 saturated carbocycles. The van der Waals surface area contributed by atoms with Gasteiger partial charge in [0.15, 0.2) is 0 Å². The Bertz CT molecular complexity index is 1210. The maximum Gasteiger partial charge on any atom is 0.305 e. The molecule has 1 aromatic rings. The summed E-state index contributed by atoms with van der Waals surface area (Å²) in [6.45, 7) is 3.84. The van der Waals surface area contributed by atoms with Crippen molar-refractivity contribution in [3.8, 4) is 5.75 Å². The molecule has 13 nitrogen and oxygen atoms in total. The Kier molecular flexibility index (Phi) is 23.4. The van der Waals surface area contributed by atoms with Gasteiger partial charge in [-0.25, -0.2) is 0 Å². The van der Waals surface area contributed by atoms with Gasteiger partial charge >= 0.3 is 5.97 Å². The van der Waals surface area contributed by atoms with E-state index in [1.807, 2.05) is 20.1 Å². The zero-order valence-electron chi connectivity index (χ0n) is 30.3. The Labute approximate surface area is 307 Å². The quantitative estimate of drug-likeness (QED) is 0.0979. The lowest BCUT2D eigenvalue weighted by molar-refractivity contribution is -0.140. The summed E-state index contributed by atoms with van der Waals surface area (Å²) in [5.41, 5.74) is 8.74. The first kappa shape index (κ1) is 46.9. The summed E-state index contributed by atoms with van der Waals surface area (Å²) in [5, 5.41) is 18.1. The number of hydrogen-bond acceptors (Lipinski definition) is 9. The van der Waals surface area contributed by atoms with E-state index in [1.165, 1.54) is 25.3 Å². The Balaban J connectivity index is 0.0000120. The van der Waals surface area contributed by atoms with E-state index < -0.39 is 35.8 Å². The largest absolute Gasteiger partial charge is 0.508 e. The summed E-state index contributed by atoms with van der Waals surface area (Å²) in [6.07, 6.45) is 10.9. The number of nitrogens with zero attached hydrogens (tertiary/aromatic N) is 1. The van der Waals surface area contributed by atoms with Crippen LogP contribution in [0, 0.1) is 19.8 Å². The van der Waals surface area contributed by atoms with Crippen LogP contribution in [0.4, 0.5) is 0 Å². The van der Waals surface area contributed by atoms with Crippen molar-refractivity contribution >= 4 is 53.8 Å². The lowest BCUT2D eigenvalue weighted by Crippen LogP contribution is -2.54. The van der Waals surface area contributed by atoms with Gasteiger partial charge in [-0.1, -0.05) is 38.5 Å². The van der Waals surface area contributed by atoms with Crippen LogP contribution < -0.4 is 21.7 Å². The maximum atomic E-state index is 13.5. The number of methoxy groups -OCH3 is 1. The molecule has 0 radical (unpaired) electrons. The van der Waals surface area contributed by atoms with Crippen LogP contribution in [-0.2, 0) is 35.1 Å². The van der Waals surface area contributed by atoms with Crippen molar-refractivity contribution in [3.05, 3.63) is 28.8 Å². The molecule has 0 aromatic heterocycles. The average Bonchev–Trinajstić information content (AvgIpc) is 3.06. The number of rotatable bonds is 20. The number of esters is 1. The summed E-state index contributed by atoms with van der Waals surface area (Å²) in [6, 6.07) is 0.712. The van der Waals surface area contributed by atoms with Crippen LogP contribution in [0.25, 0.3) is 0 Å². The monoisotopic (exact) mass is 745 g/mol. The van der Waals surface area contributed by atoms with Crippen LogP contribution in [0.1, 0.15) is 87.3 Å². The number of amides is 4. The Hall–Kier alpha value is -3.07. The molecule has 286 valence electrons. The van der Waals surface area contributed by atoms with Crippen LogP contribution in [0.5, 0.6) is 5.75 Å². The zero-order valence-corrected chi connectivity index (χ0v) is 31.9. The molecule has 4 amide bonds. The number of benzene rings is 1. The second kappa shape index (κ2) is 25.0. The number of phenolic OH excluding ortho intramolecular Hbond substituents is 1. The minimum absolute atomic E-state index is 0. The van der Waals surface area contributed by atoms with Gasteiger partial charge in [-0.2, -0.15) is 11.8 Å². The minimum atomic E-state index is -0.920. The van der Waals surface area contributed by atoms with E-state index in [4.69, 9.17) is 5.73 Å². The molecule has 0 spiro atoms. The highest BCUT2D eigenvalue weighted by Crippen LogP contribution is 2.28. The Morgan fingerprint density at radius 1 is 1.00 bits per heavy atom. The molecule has 2 rings (SSSR count). The number of ether oxygens (including phenoxy) is 1. The Morgan fingerprint density at radius 2 is 1.64 bits per heavy atom. The first-order valence-corrected chi connectivity index (χ1v) is 18.5. The first-order chi connectivity index (χ1) is 22.9. The van der Waals surface area contributed by atoms with Crippen molar-refractivity contribution in [2.75, 3.05) is 39.3 Å². The van der Waals surface area contributed by atoms with E-state index in [0.717, 1.165) is 55.2 Å². The van der Waals surface area contributed by atoms with Crippen molar-refractivity contribution < 1.29 is 39.3 Å². The fraction of sp³-hybridized carbons (Fsp3) is 0.686. The number of nitrogens with two attached hydrogens (primary N) is 1. The van der Waals surface area contributed by atoms with Gasteiger partial charge in [0.1, 0.15) is 17.8 Å². The van der Waals surface area contributed by atoms with E-state index in [2.05, 4.69) is 20.7 Å². The third-order valence-corrected chi connectivity index (χ3v) is 9.66. The molecular formula is C35H60ClN5O8S. The lowest BCUT2D eigenvalue weighted by atomic mass is 9.84. The molecular weight excluding hydrogens is 686 g/mol. The van der Waals surface area contributed by atoms with Crippen molar-refractivity contribution in [2.45, 2.75) is 109 Å². The van der Waals surface area contributed by atoms with E-state index >= 15 is 0 Å². The number of likely N-dealkylation sites (N-methyl/N-ethyl adjacent to an activating group) is 1. The normalized spacial score (nSPS) is 14.5. The summed E-state index contributed by atoms with van der Waals surface area (Å²) < 4.78 is 4.68. The number of halogens is 1. The van der Waals surface area contributed by atoms with E-state index in [9.17, 15) is 29.1 Å². The van der Waals surface area contributed by atoms with Crippen LogP contribution in [0.3, 0.4) is 0 Å². The molecule has 8 N–H and O–H groups in total. The first-order valence-electron chi connectivity index (χ1n) is 17.1. The van der Waals surface area contributed by atoms with Gasteiger partial charge in [-0.05, 0) is 92.7 Å². The van der Waals surface area contributed by atoms with Crippen molar-refractivity contribution in [1.29, 1.82) is 0 Å². The highest BCUT2D eigenvalue weighted by Gasteiger charge is 2.29. The predicted molar refractivity (Wildman–Crippen MR) is 199 cm³/mol. The molecule has 0 aliphatic heterocycles. The van der Waals surface area contributed by atoms with Gasteiger partial charge in [-0.3, -0.25) is 24.0 Å². The van der Waals surface area contributed by atoms with Crippen LogP contribution >= 0.6 is 24.2 Å². The number of aryl methyl sites for hydroxylation is 2. The highest BCUT2D eigenvalue weighted by molar-refractivity contribution is 7.98. The van der Waals surface area contributed by atoms with Crippen LogP contribution in [0.15, 0.2) is 12.1 Å². The summed E-state index contributed by atoms with van der Waals surface area (Å²) in [7, 11) is 3.08. The molecule has 1 aromatic carbocycles. The lowest BCUT2D eigenvalue weighted by Gasteiger charge is -2.29. The number of phenols is 1. The standard InChI is InChI=1S/C35H57N5O7S.ClH.H2O/c1-23-18-26(41)19-24(2)27(23)21-28(36)33(44)39-29(15-17-48-5)34(45)37-22-31(42)38-30(20-25-12-8-6-9-13-25)35(46)40(3)16-11-7-10-14-32(43)47-4;;/h18-19,25,28-30,41H,6-17,20-22,36H2,1-5H3,(H,37,45)(H,38,42)(H,39,44);1H;1H2/t28-,29+,30-;;/m0../s1. The van der Waals surface area contributed by atoms with Crippen molar-refractivity contribution in [2.24, 2.45) is 11.7 Å². The molecule has 15 heteroatoms. The summed E-state index contributed by atoms with van der Waals surface area (Å²) in [5.74, 6) is -0.816. The van der Waals surface area contributed by atoms with Crippen LogP contribution in [0.2, 0.25) is 0 Å². The molecule has 0 heterocycles. The smallest absolute Gasteiger partial charge is 0.305 e. The molecule has 50 heavy (non-hydrogen) atoms. The number of aromatic hydroxyl groups is 1. The van der Waals surface area contributed by atoms with Crippen LogP contribution in [-0.4, -0.2) is 102 Å². The molecule has 0 bridgehead atoms. The van der Waals surface area contributed by atoms with Gasteiger partial charge in [0.05, 0.1) is 19.7 Å². The average molecular weight is 746 g/mol. The number of hydrogen-bond donors (Lipinski definition) is 5. The van der Waals surface area contributed by atoms with Crippen molar-refractivity contribution in [3.63, 3.8) is 0 Å². The number of nitrogens with one attached hydrogen (secondary N) is 3. The fourth-order valence-electron chi connectivity index (χ4n) is 6.18. The zero-order chi connectivity index (χ0) is 35.6. The molecule has 1 aliphatic carbocycles. The highest BCUT2D eigenvalue weighted by atomic mass is 35.5.